The molecule has 0 bridgehead atoms. The van der Waals surface area contributed by atoms with Crippen LogP contribution in [0.25, 0.3) is 0 Å². The second-order valence-electron chi connectivity index (χ2n) is 9.52. The van der Waals surface area contributed by atoms with Gasteiger partial charge in [-0.2, -0.15) is 0 Å². The first kappa shape index (κ1) is 24.1. The van der Waals surface area contributed by atoms with Crippen molar-refractivity contribution in [3.8, 4) is 0 Å². The van der Waals surface area contributed by atoms with E-state index in [-0.39, 0.29) is 31.7 Å². The maximum atomic E-state index is 13.2. The molecule has 0 aromatic carbocycles. The van der Waals surface area contributed by atoms with Crippen LogP contribution in [-0.2, 0) is 33.4 Å². The summed E-state index contributed by atoms with van der Waals surface area (Å²) in [5.74, 6) is -3.15. The van der Waals surface area contributed by atoms with E-state index in [2.05, 4.69) is 0 Å². The van der Waals surface area contributed by atoms with E-state index in [1.54, 1.807) is 41.5 Å². The van der Waals surface area contributed by atoms with E-state index in [0.29, 0.717) is 12.8 Å². The van der Waals surface area contributed by atoms with E-state index < -0.39 is 40.4 Å². The Bertz CT molecular complexity index is 579. The van der Waals surface area contributed by atoms with Gasteiger partial charge in [-0.1, -0.05) is 0 Å². The van der Waals surface area contributed by atoms with Gasteiger partial charge in [0.05, 0.1) is 12.5 Å². The van der Waals surface area contributed by atoms with Crippen molar-refractivity contribution in [2.24, 2.45) is 11.3 Å². The third-order valence-electron chi connectivity index (χ3n) is 4.28. The first-order valence-electron chi connectivity index (χ1n) is 9.79. The monoisotopic (exact) mass is 398 g/mol. The topological polar surface area (TPSA) is 96.0 Å². The second-order valence-corrected chi connectivity index (χ2v) is 9.52. The van der Waals surface area contributed by atoms with Crippen LogP contribution in [0.2, 0.25) is 0 Å². The van der Waals surface area contributed by atoms with Gasteiger partial charge in [0.25, 0.3) is 0 Å². The van der Waals surface area contributed by atoms with Gasteiger partial charge in [0, 0.05) is 6.42 Å². The molecule has 160 valence electrons. The molecule has 1 saturated heterocycles. The zero-order valence-corrected chi connectivity index (χ0v) is 18.2. The van der Waals surface area contributed by atoms with Gasteiger partial charge >= 0.3 is 17.9 Å². The molecule has 7 nitrogen and oxygen atoms in total. The summed E-state index contributed by atoms with van der Waals surface area (Å²) < 4.78 is 16.4. The Morgan fingerprint density at radius 3 is 1.93 bits per heavy atom. The first-order chi connectivity index (χ1) is 12.7. The number of hydrogen-bond donors (Lipinski definition) is 0. The first-order valence-corrected chi connectivity index (χ1v) is 9.79. The van der Waals surface area contributed by atoms with E-state index in [4.69, 9.17) is 14.2 Å². The number of ketones is 1. The molecule has 0 aliphatic carbocycles. The van der Waals surface area contributed by atoms with Crippen molar-refractivity contribution < 1.29 is 33.4 Å². The van der Waals surface area contributed by atoms with Crippen molar-refractivity contribution >= 4 is 23.7 Å². The Morgan fingerprint density at radius 2 is 1.50 bits per heavy atom. The molecule has 1 heterocycles. The van der Waals surface area contributed by atoms with Gasteiger partial charge in [0.1, 0.15) is 17.0 Å². The molecule has 0 saturated carbocycles. The van der Waals surface area contributed by atoms with Crippen LogP contribution in [0.1, 0.15) is 80.6 Å². The normalized spacial score (nSPS) is 20.8. The number of cyclic esters (lactones) is 1. The lowest BCUT2D eigenvalue weighted by molar-refractivity contribution is -0.188. The van der Waals surface area contributed by atoms with E-state index in [1.807, 2.05) is 0 Å². The summed E-state index contributed by atoms with van der Waals surface area (Å²) in [4.78, 5) is 50.6. The van der Waals surface area contributed by atoms with Crippen molar-refractivity contribution in [3.05, 3.63) is 0 Å². The highest BCUT2D eigenvalue weighted by atomic mass is 16.6. The summed E-state index contributed by atoms with van der Waals surface area (Å²) in [6.07, 6.45) is 0.883. The van der Waals surface area contributed by atoms with Crippen LogP contribution in [0.3, 0.4) is 0 Å². The smallest absolute Gasteiger partial charge is 0.324 e. The molecular weight excluding hydrogens is 364 g/mol. The summed E-state index contributed by atoms with van der Waals surface area (Å²) in [6, 6.07) is 0. The number of hydrogen-bond acceptors (Lipinski definition) is 7. The van der Waals surface area contributed by atoms with Crippen molar-refractivity contribution in [3.63, 3.8) is 0 Å². The Balaban J connectivity index is 3.43. The number of esters is 3. The minimum atomic E-state index is -1.66. The van der Waals surface area contributed by atoms with E-state index in [9.17, 15) is 19.2 Å². The average Bonchev–Trinajstić information content (AvgIpc) is 2.54. The van der Waals surface area contributed by atoms with Gasteiger partial charge in [-0.15, -0.1) is 0 Å². The van der Waals surface area contributed by atoms with Crippen LogP contribution in [-0.4, -0.2) is 41.5 Å². The maximum Gasteiger partial charge on any atom is 0.324 e. The lowest BCUT2D eigenvalue weighted by atomic mass is 9.74. The molecule has 7 heteroatoms. The zero-order chi connectivity index (χ0) is 21.8. The van der Waals surface area contributed by atoms with Gasteiger partial charge in [-0.3, -0.25) is 14.4 Å². The van der Waals surface area contributed by atoms with Crippen molar-refractivity contribution in [2.75, 3.05) is 6.61 Å². The molecule has 1 fully saturated rings. The SMILES string of the molecule is CC(=O)CC1CC(C(=O)OC(C)(C)C)(C(=O)OC(C)(C)C)CCCCOC1=O. The second kappa shape index (κ2) is 9.05. The highest BCUT2D eigenvalue weighted by Gasteiger charge is 2.53. The van der Waals surface area contributed by atoms with Crippen LogP contribution >= 0.6 is 0 Å². The zero-order valence-electron chi connectivity index (χ0n) is 18.2. The fourth-order valence-corrected chi connectivity index (χ4v) is 3.13. The molecule has 0 radical (unpaired) electrons. The summed E-state index contributed by atoms with van der Waals surface area (Å²) in [6.45, 7) is 11.8. The van der Waals surface area contributed by atoms with Crippen LogP contribution in [0, 0.1) is 11.3 Å². The highest BCUT2D eigenvalue weighted by Crippen LogP contribution is 2.40. The number of Topliss-reactive ketones (excluding diaryl/α,β-unsaturated/α-hetero) is 1. The highest BCUT2D eigenvalue weighted by molar-refractivity contribution is 6.01. The maximum absolute atomic E-state index is 13.2. The Kier molecular flexibility index (Phi) is 7.80. The van der Waals surface area contributed by atoms with Gasteiger partial charge in [-0.05, 0) is 74.1 Å². The summed E-state index contributed by atoms with van der Waals surface area (Å²) in [5, 5.41) is 0. The van der Waals surface area contributed by atoms with Crippen LogP contribution in [0.5, 0.6) is 0 Å². The lowest BCUT2D eigenvalue weighted by Crippen LogP contribution is -2.48. The average molecular weight is 398 g/mol. The number of rotatable bonds is 4. The van der Waals surface area contributed by atoms with Crippen LogP contribution in [0.4, 0.5) is 0 Å². The largest absolute Gasteiger partial charge is 0.465 e. The molecule has 1 rings (SSSR count). The molecule has 0 N–H and O–H groups in total. The Labute approximate surface area is 167 Å². The Morgan fingerprint density at radius 1 is 1.00 bits per heavy atom. The quantitative estimate of drug-likeness (QED) is 0.407. The van der Waals surface area contributed by atoms with Crippen molar-refractivity contribution in [1.29, 1.82) is 0 Å². The molecule has 0 aromatic heterocycles. The van der Waals surface area contributed by atoms with Gasteiger partial charge in [-0.25, -0.2) is 0 Å². The van der Waals surface area contributed by atoms with Gasteiger partial charge in [0.15, 0.2) is 5.41 Å². The third kappa shape index (κ3) is 7.24. The molecular formula is C21H34O7. The standard InChI is InChI=1S/C21H34O7/c1-14(22)12-15-13-21(17(24)27-19(2,3)4,18(25)28-20(5,6)7)10-8-9-11-26-16(15)23/h15H,8-13H2,1-7H3. The number of carbonyl (C=O) groups is 4. The third-order valence-corrected chi connectivity index (χ3v) is 4.28. The summed E-state index contributed by atoms with van der Waals surface area (Å²) in [5.41, 5.74) is -3.30. The summed E-state index contributed by atoms with van der Waals surface area (Å²) in [7, 11) is 0. The van der Waals surface area contributed by atoms with E-state index >= 15 is 0 Å². The number of ether oxygens (including phenoxy) is 3. The van der Waals surface area contributed by atoms with Crippen molar-refractivity contribution in [1.82, 2.24) is 0 Å². The minimum absolute atomic E-state index is 0.105. The lowest BCUT2D eigenvalue weighted by Gasteiger charge is -2.36. The van der Waals surface area contributed by atoms with E-state index in [1.165, 1.54) is 6.92 Å². The molecule has 1 aliphatic heterocycles. The molecule has 1 unspecified atom stereocenters. The molecule has 1 atom stereocenters. The van der Waals surface area contributed by atoms with Crippen molar-refractivity contribution in [2.45, 2.75) is 91.8 Å². The number of carbonyl (C=O) groups excluding carboxylic acids is 4. The van der Waals surface area contributed by atoms with Crippen LogP contribution in [0.15, 0.2) is 0 Å². The Hall–Kier alpha value is -1.92. The molecule has 28 heavy (non-hydrogen) atoms. The van der Waals surface area contributed by atoms with Crippen LogP contribution < -0.4 is 0 Å². The predicted octanol–water partition coefficient (Wildman–Crippen LogP) is 3.37. The fraction of sp³-hybridized carbons (Fsp3) is 0.810. The fourth-order valence-electron chi connectivity index (χ4n) is 3.13. The summed E-state index contributed by atoms with van der Waals surface area (Å²) >= 11 is 0. The molecule has 0 amide bonds. The molecule has 0 aromatic rings. The molecule has 0 spiro atoms. The molecule has 1 aliphatic rings. The predicted molar refractivity (Wildman–Crippen MR) is 102 cm³/mol. The van der Waals surface area contributed by atoms with Gasteiger partial charge in [0.2, 0.25) is 0 Å². The van der Waals surface area contributed by atoms with Gasteiger partial charge < -0.3 is 19.0 Å². The van der Waals surface area contributed by atoms with E-state index in [0.717, 1.165) is 0 Å². The minimum Gasteiger partial charge on any atom is -0.465 e.